The van der Waals surface area contributed by atoms with E-state index in [1.54, 1.807) is 0 Å². The predicted molar refractivity (Wildman–Crippen MR) is 172 cm³/mol. The summed E-state index contributed by atoms with van der Waals surface area (Å²) in [6.45, 7) is 0.588. The standard InChI is InChI=1S/C22H37IN7O15P3/c23-10-16(32)25-9-5-6-15(31)24-7-3-1-2-4-8-26-20-17-21(28-12-27-20)30(13-29-17)22-19(34)18(33)14(43-22)11-42-47(38,39)45-48(40,41)44-46(35,36)37/h12-14,18-19,22,33-34H,1-11H2,(H,24,31)(H,25,32)(H,38,39)(H,40,41)(H,26,27,28)(H2,35,36,37). The molecule has 1 fully saturated rings. The Balaban J connectivity index is 1.44. The van der Waals surface area contributed by atoms with Crippen molar-refractivity contribution in [2.45, 2.75) is 63.1 Å². The minimum atomic E-state index is -5.75. The Bertz CT molecular complexity index is 1530. The van der Waals surface area contributed by atoms with Crippen LogP contribution in [0.25, 0.3) is 11.2 Å². The first-order valence-electron chi connectivity index (χ1n) is 14.3. The van der Waals surface area contributed by atoms with E-state index in [4.69, 9.17) is 14.5 Å². The van der Waals surface area contributed by atoms with Gasteiger partial charge < -0.3 is 50.5 Å². The third-order valence-electron chi connectivity index (χ3n) is 6.53. The monoisotopic (exact) mass is 859 g/mol. The first-order valence-corrected chi connectivity index (χ1v) is 20.4. The van der Waals surface area contributed by atoms with E-state index in [0.717, 1.165) is 25.7 Å². The summed E-state index contributed by atoms with van der Waals surface area (Å²) >= 11 is 1.97. The molecule has 1 aliphatic rings. The number of imidazole rings is 1. The molecule has 2 aromatic rings. The Kier molecular flexibility index (Phi) is 15.7. The minimum Gasteiger partial charge on any atom is -0.387 e. The maximum Gasteiger partial charge on any atom is 0.490 e. The molecule has 272 valence electrons. The summed E-state index contributed by atoms with van der Waals surface area (Å²) in [4.78, 5) is 71.9. The maximum atomic E-state index is 12.0. The summed E-state index contributed by atoms with van der Waals surface area (Å²) in [5.74, 6) is 0.272. The lowest BCUT2D eigenvalue weighted by Crippen LogP contribution is -2.33. The number of unbranched alkanes of at least 4 members (excludes halogenated alkanes) is 3. The van der Waals surface area contributed by atoms with Crippen molar-refractivity contribution in [3.05, 3.63) is 12.7 Å². The number of alkyl halides is 1. The van der Waals surface area contributed by atoms with Crippen LogP contribution in [0, 0.1) is 0 Å². The smallest absolute Gasteiger partial charge is 0.387 e. The molecule has 1 saturated heterocycles. The number of rotatable bonds is 21. The molecule has 2 aromatic heterocycles. The van der Waals surface area contributed by atoms with Crippen LogP contribution in [-0.2, 0) is 41.2 Å². The van der Waals surface area contributed by atoms with Crippen molar-refractivity contribution in [1.29, 1.82) is 0 Å². The fourth-order valence-electron chi connectivity index (χ4n) is 4.39. The van der Waals surface area contributed by atoms with Crippen molar-refractivity contribution in [2.24, 2.45) is 0 Å². The van der Waals surface area contributed by atoms with Crippen molar-refractivity contribution in [1.82, 2.24) is 30.2 Å². The molecule has 0 radical (unpaired) electrons. The van der Waals surface area contributed by atoms with Gasteiger partial charge in [-0.15, -0.1) is 0 Å². The Hall–Kier alpha value is -1.69. The Morgan fingerprint density at radius 3 is 2.23 bits per heavy atom. The SMILES string of the molecule is O=C(CI)NCCCC(=O)NCCCCCCNc1ncnc2c1ncn2C1OC(COP(=O)(O)OP(=O)(O)OP(=O)(O)O)C(O)C1O. The molecule has 0 aliphatic carbocycles. The summed E-state index contributed by atoms with van der Waals surface area (Å²) in [7, 11) is -16.8. The average molecular weight is 859 g/mol. The van der Waals surface area contributed by atoms with Crippen molar-refractivity contribution in [2.75, 3.05) is 36.0 Å². The number of carbonyl (C=O) groups excluding carboxylic acids is 2. The number of aromatic nitrogens is 4. The summed E-state index contributed by atoms with van der Waals surface area (Å²) in [5, 5.41) is 29.8. The number of aliphatic hydroxyl groups excluding tert-OH is 2. The van der Waals surface area contributed by atoms with Gasteiger partial charge in [-0.1, -0.05) is 35.4 Å². The van der Waals surface area contributed by atoms with Crippen LogP contribution in [0.2, 0.25) is 0 Å². The third kappa shape index (κ3) is 13.2. The number of carbonyl (C=O) groups is 2. The van der Waals surface area contributed by atoms with Crippen LogP contribution in [-0.4, -0.2) is 110 Å². The van der Waals surface area contributed by atoms with Crippen LogP contribution in [0.1, 0.15) is 44.8 Å². The van der Waals surface area contributed by atoms with Crippen molar-refractivity contribution < 1.29 is 71.0 Å². The quantitative estimate of drug-likeness (QED) is 0.0351. The highest BCUT2D eigenvalue weighted by atomic mass is 127. The summed E-state index contributed by atoms with van der Waals surface area (Å²) < 4.78 is 53.4. The summed E-state index contributed by atoms with van der Waals surface area (Å²) in [6, 6.07) is 0. The molecule has 6 atom stereocenters. The second-order valence-electron chi connectivity index (χ2n) is 10.3. The molecule has 6 unspecified atom stereocenters. The molecule has 0 spiro atoms. The van der Waals surface area contributed by atoms with E-state index in [1.165, 1.54) is 17.2 Å². The third-order valence-corrected chi connectivity index (χ3v) is 11.0. The first-order chi connectivity index (χ1) is 22.5. The van der Waals surface area contributed by atoms with E-state index in [1.807, 2.05) is 22.6 Å². The van der Waals surface area contributed by atoms with Gasteiger partial charge in [0, 0.05) is 26.1 Å². The topological polar surface area (TPSA) is 323 Å². The minimum absolute atomic E-state index is 0.0557. The molecule has 1 aliphatic heterocycles. The highest BCUT2D eigenvalue weighted by Gasteiger charge is 2.47. The van der Waals surface area contributed by atoms with Crippen LogP contribution in [0.5, 0.6) is 0 Å². The van der Waals surface area contributed by atoms with E-state index < -0.39 is 54.6 Å². The number of aliphatic hydroxyl groups is 2. The van der Waals surface area contributed by atoms with E-state index in [0.29, 0.717) is 48.2 Å². The van der Waals surface area contributed by atoms with Gasteiger partial charge in [-0.2, -0.15) is 8.62 Å². The zero-order valence-electron chi connectivity index (χ0n) is 25.1. The van der Waals surface area contributed by atoms with Crippen LogP contribution in [0.4, 0.5) is 5.82 Å². The van der Waals surface area contributed by atoms with Gasteiger partial charge in [0.05, 0.1) is 17.4 Å². The molecule has 2 amide bonds. The van der Waals surface area contributed by atoms with Gasteiger partial charge >= 0.3 is 23.5 Å². The van der Waals surface area contributed by atoms with Crippen LogP contribution in [0.3, 0.4) is 0 Å². The second kappa shape index (κ2) is 18.5. The van der Waals surface area contributed by atoms with E-state index in [9.17, 15) is 43.3 Å². The number of hydrogen-bond acceptors (Lipinski definition) is 15. The van der Waals surface area contributed by atoms with Gasteiger partial charge in [0.15, 0.2) is 23.2 Å². The van der Waals surface area contributed by atoms with Gasteiger partial charge in [-0.05, 0) is 19.3 Å². The zero-order chi connectivity index (χ0) is 35.5. The Morgan fingerprint density at radius 2 is 1.54 bits per heavy atom. The molecule has 9 N–H and O–H groups in total. The van der Waals surface area contributed by atoms with Gasteiger partial charge in [0.25, 0.3) is 0 Å². The van der Waals surface area contributed by atoms with Crippen molar-refractivity contribution in [3.8, 4) is 0 Å². The molecule has 3 heterocycles. The maximum absolute atomic E-state index is 12.0. The molecule has 26 heteroatoms. The molecule has 22 nitrogen and oxygen atoms in total. The second-order valence-corrected chi connectivity index (χ2v) is 15.4. The fraction of sp³-hybridized carbons (Fsp3) is 0.682. The zero-order valence-corrected chi connectivity index (χ0v) is 29.9. The molecule has 0 saturated carbocycles. The van der Waals surface area contributed by atoms with E-state index >= 15 is 0 Å². The number of nitrogens with zero attached hydrogens (tertiary/aromatic N) is 4. The first kappa shape index (κ1) is 40.7. The number of anilines is 1. The molecular formula is C22H37IN7O15P3. The predicted octanol–water partition coefficient (Wildman–Crippen LogP) is 0.209. The number of fused-ring (bicyclic) bond motifs is 1. The molecule has 48 heavy (non-hydrogen) atoms. The number of phosphoric ester groups is 1. The normalized spacial score (nSPS) is 22.2. The number of nitrogens with one attached hydrogen (secondary N) is 3. The van der Waals surface area contributed by atoms with Gasteiger partial charge in [0.2, 0.25) is 11.8 Å². The molecule has 0 aromatic carbocycles. The largest absolute Gasteiger partial charge is 0.490 e. The number of hydrogen-bond donors (Lipinski definition) is 9. The van der Waals surface area contributed by atoms with E-state index in [2.05, 4.69) is 44.0 Å². The van der Waals surface area contributed by atoms with Gasteiger partial charge in [-0.3, -0.25) is 18.7 Å². The summed E-state index contributed by atoms with van der Waals surface area (Å²) in [6.07, 6.45) is 0.640. The number of amides is 2. The highest BCUT2D eigenvalue weighted by molar-refractivity contribution is 14.1. The van der Waals surface area contributed by atoms with Crippen molar-refractivity contribution >= 4 is 74.9 Å². The lowest BCUT2D eigenvalue weighted by Gasteiger charge is -2.19. The fourth-order valence-corrected chi connectivity index (χ4v) is 7.69. The lowest BCUT2D eigenvalue weighted by atomic mass is 10.1. The Morgan fingerprint density at radius 1 is 0.875 bits per heavy atom. The van der Waals surface area contributed by atoms with E-state index in [-0.39, 0.29) is 17.5 Å². The van der Waals surface area contributed by atoms with Crippen LogP contribution in [0.15, 0.2) is 12.7 Å². The average Bonchev–Trinajstić information content (AvgIpc) is 3.54. The molecule has 0 bridgehead atoms. The molecule has 3 rings (SSSR count). The number of halogens is 1. The number of phosphoric acid groups is 3. The van der Waals surface area contributed by atoms with Gasteiger partial charge in [0.1, 0.15) is 24.6 Å². The Labute approximate surface area is 286 Å². The van der Waals surface area contributed by atoms with Crippen LogP contribution < -0.4 is 16.0 Å². The van der Waals surface area contributed by atoms with Gasteiger partial charge in [-0.25, -0.2) is 28.6 Å². The van der Waals surface area contributed by atoms with Crippen LogP contribution >= 0.6 is 46.1 Å². The lowest BCUT2D eigenvalue weighted by molar-refractivity contribution is -0.122. The molecular weight excluding hydrogens is 822 g/mol. The highest BCUT2D eigenvalue weighted by Crippen LogP contribution is 2.66. The number of ether oxygens (including phenoxy) is 1. The van der Waals surface area contributed by atoms with Crippen molar-refractivity contribution in [3.63, 3.8) is 0 Å². The summed E-state index contributed by atoms with van der Waals surface area (Å²) in [5.41, 5.74) is 0.525.